The first-order chi connectivity index (χ1) is 12.1. The maximum Gasteiger partial charge on any atom is 0.310 e. The fourth-order valence-electron chi connectivity index (χ4n) is 5.60. The van der Waals surface area contributed by atoms with Crippen molar-refractivity contribution in [2.75, 3.05) is 6.61 Å². The molecule has 0 saturated heterocycles. The van der Waals surface area contributed by atoms with Crippen molar-refractivity contribution in [3.05, 3.63) is 35.4 Å². The Morgan fingerprint density at radius 1 is 1.04 bits per heavy atom. The summed E-state index contributed by atoms with van der Waals surface area (Å²) in [6, 6.07) is 7.96. The minimum absolute atomic E-state index is 0.0389. The molecule has 134 valence electrons. The summed E-state index contributed by atoms with van der Waals surface area (Å²) >= 11 is 0. The number of hydrogen-bond donors (Lipinski definition) is 1. The van der Waals surface area contributed by atoms with E-state index in [0.717, 1.165) is 23.0 Å². The molecule has 0 aliphatic heterocycles. The lowest BCUT2D eigenvalue weighted by Gasteiger charge is -2.53. The molecule has 1 amide bonds. The van der Waals surface area contributed by atoms with Crippen LogP contribution in [0.3, 0.4) is 0 Å². The highest BCUT2D eigenvalue weighted by atomic mass is 16.5. The van der Waals surface area contributed by atoms with Crippen molar-refractivity contribution in [1.82, 2.24) is 5.32 Å². The van der Waals surface area contributed by atoms with Gasteiger partial charge in [0, 0.05) is 6.54 Å². The number of nitrogens with one attached hydrogen (secondary N) is 1. The Bertz CT molecular complexity index is 641. The van der Waals surface area contributed by atoms with Crippen molar-refractivity contribution in [3.8, 4) is 0 Å². The molecule has 0 atom stereocenters. The minimum Gasteiger partial charge on any atom is -0.455 e. The van der Waals surface area contributed by atoms with E-state index in [1.54, 1.807) is 0 Å². The molecule has 4 aliphatic rings. The van der Waals surface area contributed by atoms with Crippen LogP contribution in [0.4, 0.5) is 0 Å². The summed E-state index contributed by atoms with van der Waals surface area (Å²) in [6.45, 7) is 2.34. The van der Waals surface area contributed by atoms with Gasteiger partial charge in [-0.05, 0) is 73.8 Å². The van der Waals surface area contributed by atoms with Gasteiger partial charge in [-0.15, -0.1) is 0 Å². The molecule has 4 aliphatic carbocycles. The fraction of sp³-hybridized carbons (Fsp3) is 0.619. The first-order valence-electron chi connectivity index (χ1n) is 9.58. The van der Waals surface area contributed by atoms with E-state index in [1.807, 2.05) is 31.2 Å². The van der Waals surface area contributed by atoms with Crippen LogP contribution < -0.4 is 5.32 Å². The van der Waals surface area contributed by atoms with Crippen LogP contribution in [-0.2, 0) is 20.9 Å². The molecule has 4 bridgehead atoms. The van der Waals surface area contributed by atoms with Crippen LogP contribution in [0.25, 0.3) is 0 Å². The van der Waals surface area contributed by atoms with Gasteiger partial charge >= 0.3 is 5.97 Å². The van der Waals surface area contributed by atoms with Gasteiger partial charge < -0.3 is 10.1 Å². The molecule has 1 N–H and O–H groups in total. The maximum absolute atomic E-state index is 12.6. The quantitative estimate of drug-likeness (QED) is 0.837. The summed E-state index contributed by atoms with van der Waals surface area (Å²) in [7, 11) is 0. The van der Waals surface area contributed by atoms with Gasteiger partial charge in [0.25, 0.3) is 5.91 Å². The van der Waals surface area contributed by atoms with Gasteiger partial charge in [0.1, 0.15) is 0 Å². The van der Waals surface area contributed by atoms with Gasteiger partial charge in [0.2, 0.25) is 0 Å². The average Bonchev–Trinajstić information content (AvgIpc) is 2.58. The third kappa shape index (κ3) is 3.44. The Balaban J connectivity index is 1.26. The Labute approximate surface area is 149 Å². The molecule has 0 unspecified atom stereocenters. The number of aryl methyl sites for hydroxylation is 1. The summed E-state index contributed by atoms with van der Waals surface area (Å²) < 4.78 is 5.40. The predicted octanol–water partition coefficient (Wildman–Crippen LogP) is 3.23. The molecular weight excluding hydrogens is 314 g/mol. The maximum atomic E-state index is 12.6. The number of esters is 1. The van der Waals surface area contributed by atoms with Gasteiger partial charge in [0.15, 0.2) is 6.61 Å². The van der Waals surface area contributed by atoms with E-state index in [1.165, 1.54) is 32.1 Å². The van der Waals surface area contributed by atoms with Crippen molar-refractivity contribution < 1.29 is 14.3 Å². The van der Waals surface area contributed by atoms with E-state index >= 15 is 0 Å². The Morgan fingerprint density at radius 2 is 1.68 bits per heavy atom. The zero-order valence-corrected chi connectivity index (χ0v) is 14.9. The summed E-state index contributed by atoms with van der Waals surface area (Å²) in [5, 5.41) is 2.85. The smallest absolute Gasteiger partial charge is 0.310 e. The zero-order valence-electron chi connectivity index (χ0n) is 14.9. The minimum atomic E-state index is -0.222. The molecule has 4 heteroatoms. The van der Waals surface area contributed by atoms with E-state index in [9.17, 15) is 9.59 Å². The SMILES string of the molecule is Cc1ccccc1CNC(=O)COC(=O)C1C2CC3CC(C2)CC1C3. The lowest BCUT2D eigenvalue weighted by Crippen LogP contribution is -2.48. The largest absolute Gasteiger partial charge is 0.455 e. The summed E-state index contributed by atoms with van der Waals surface area (Å²) in [5.74, 6) is 2.35. The first-order valence-corrected chi connectivity index (χ1v) is 9.58. The van der Waals surface area contributed by atoms with Crippen LogP contribution in [-0.4, -0.2) is 18.5 Å². The topological polar surface area (TPSA) is 55.4 Å². The van der Waals surface area contributed by atoms with E-state index in [0.29, 0.717) is 18.4 Å². The second kappa shape index (κ2) is 6.81. The fourth-order valence-corrected chi connectivity index (χ4v) is 5.60. The number of amides is 1. The molecule has 0 aromatic heterocycles. The van der Waals surface area contributed by atoms with Crippen molar-refractivity contribution in [2.45, 2.75) is 45.6 Å². The number of hydrogen-bond acceptors (Lipinski definition) is 3. The monoisotopic (exact) mass is 341 g/mol. The molecular formula is C21H27NO3. The molecule has 1 aromatic rings. The molecule has 4 fully saturated rings. The van der Waals surface area contributed by atoms with Gasteiger partial charge in [-0.3, -0.25) is 9.59 Å². The number of rotatable bonds is 5. The Morgan fingerprint density at radius 3 is 2.32 bits per heavy atom. The van der Waals surface area contributed by atoms with E-state index < -0.39 is 0 Å². The first kappa shape index (κ1) is 16.6. The highest BCUT2D eigenvalue weighted by Gasteiger charge is 2.51. The van der Waals surface area contributed by atoms with Crippen LogP contribution in [0.2, 0.25) is 0 Å². The number of carbonyl (C=O) groups excluding carboxylic acids is 2. The molecule has 0 radical (unpaired) electrons. The second-order valence-corrected chi connectivity index (χ2v) is 8.27. The molecule has 4 nitrogen and oxygen atoms in total. The summed E-state index contributed by atoms with van der Waals surface area (Å²) in [5.41, 5.74) is 2.23. The average molecular weight is 341 g/mol. The molecule has 25 heavy (non-hydrogen) atoms. The third-order valence-corrected chi connectivity index (χ3v) is 6.58. The van der Waals surface area contributed by atoms with Crippen LogP contribution in [0.1, 0.15) is 43.2 Å². The van der Waals surface area contributed by atoms with Crippen LogP contribution in [0.5, 0.6) is 0 Å². The van der Waals surface area contributed by atoms with Crippen molar-refractivity contribution in [3.63, 3.8) is 0 Å². The third-order valence-electron chi connectivity index (χ3n) is 6.58. The number of benzene rings is 1. The highest BCUT2D eigenvalue weighted by Crippen LogP contribution is 2.56. The molecule has 4 saturated carbocycles. The van der Waals surface area contributed by atoms with Crippen molar-refractivity contribution in [1.29, 1.82) is 0 Å². The summed E-state index contributed by atoms with van der Waals surface area (Å²) in [6.07, 6.45) is 6.12. The lowest BCUT2D eigenvalue weighted by molar-refractivity contribution is -0.164. The second-order valence-electron chi connectivity index (χ2n) is 8.27. The summed E-state index contributed by atoms with van der Waals surface area (Å²) in [4.78, 5) is 24.6. The van der Waals surface area contributed by atoms with Gasteiger partial charge in [-0.25, -0.2) is 0 Å². The lowest BCUT2D eigenvalue weighted by atomic mass is 9.52. The van der Waals surface area contributed by atoms with Crippen LogP contribution in [0.15, 0.2) is 24.3 Å². The van der Waals surface area contributed by atoms with Crippen LogP contribution >= 0.6 is 0 Å². The predicted molar refractivity (Wildman–Crippen MR) is 94.5 cm³/mol. The highest BCUT2D eigenvalue weighted by molar-refractivity contribution is 5.81. The Kier molecular flexibility index (Phi) is 4.53. The molecule has 0 heterocycles. The van der Waals surface area contributed by atoms with Crippen molar-refractivity contribution >= 4 is 11.9 Å². The van der Waals surface area contributed by atoms with E-state index in [4.69, 9.17) is 4.74 Å². The van der Waals surface area contributed by atoms with Gasteiger partial charge in [-0.1, -0.05) is 24.3 Å². The van der Waals surface area contributed by atoms with Crippen molar-refractivity contribution in [2.24, 2.45) is 29.6 Å². The molecule has 5 rings (SSSR count). The standard InChI is InChI=1S/C21H27NO3/c1-13-4-2-3-5-16(13)11-22-19(23)12-25-21(24)20-17-7-14-6-15(9-17)10-18(20)8-14/h2-5,14-15,17-18,20H,6-12H2,1H3,(H,22,23). The van der Waals surface area contributed by atoms with E-state index in [-0.39, 0.29) is 24.4 Å². The molecule has 0 spiro atoms. The zero-order chi connectivity index (χ0) is 17.4. The molecule has 1 aromatic carbocycles. The van der Waals surface area contributed by atoms with Gasteiger partial charge in [-0.2, -0.15) is 0 Å². The van der Waals surface area contributed by atoms with Crippen LogP contribution in [0, 0.1) is 36.5 Å². The normalized spacial score (nSPS) is 32.4. The number of carbonyl (C=O) groups is 2. The van der Waals surface area contributed by atoms with Gasteiger partial charge in [0.05, 0.1) is 5.92 Å². The van der Waals surface area contributed by atoms with E-state index in [2.05, 4.69) is 5.32 Å². The number of ether oxygens (including phenoxy) is 1. The Hall–Kier alpha value is -1.84.